The molecule has 0 radical (unpaired) electrons. The van der Waals surface area contributed by atoms with E-state index in [1.54, 1.807) is 12.1 Å². The fraction of sp³-hybridized carbons (Fsp3) is 0.250. The number of phenolic OH excluding ortho intramolecular Hbond substituents is 1. The topological polar surface area (TPSA) is 63.3 Å². The molecule has 0 atom stereocenters. The van der Waals surface area contributed by atoms with Crippen molar-refractivity contribution in [3.05, 3.63) is 46.1 Å². The van der Waals surface area contributed by atoms with E-state index in [0.29, 0.717) is 28.1 Å². The molecule has 0 saturated heterocycles. The Kier molecular flexibility index (Phi) is 2.57. The highest BCUT2D eigenvalue weighted by molar-refractivity contribution is 5.78. The van der Waals surface area contributed by atoms with Gasteiger partial charge in [-0.3, -0.25) is 4.79 Å². The van der Waals surface area contributed by atoms with Crippen molar-refractivity contribution in [1.29, 1.82) is 0 Å². The largest absolute Gasteiger partial charge is 0.505 e. The zero-order chi connectivity index (χ0) is 14.5. The predicted molar refractivity (Wildman–Crippen MR) is 77.3 cm³/mol. The molecule has 1 aromatic carbocycles. The molecule has 0 spiro atoms. The first-order valence-corrected chi connectivity index (χ1v) is 6.44. The SMILES string of the molecule is CC(C)(C)c1c(O)c2nc3ccccc3oc-2cc1=O. The summed E-state index contributed by atoms with van der Waals surface area (Å²) in [6.45, 7) is 5.65. The fourth-order valence-electron chi connectivity index (χ4n) is 2.40. The molecule has 1 aliphatic carbocycles. The zero-order valence-electron chi connectivity index (χ0n) is 11.6. The first-order valence-electron chi connectivity index (χ1n) is 6.44. The molecule has 0 fully saturated rings. The van der Waals surface area contributed by atoms with Crippen molar-refractivity contribution in [1.82, 2.24) is 4.98 Å². The van der Waals surface area contributed by atoms with Crippen molar-refractivity contribution in [2.45, 2.75) is 26.2 Å². The monoisotopic (exact) mass is 269 g/mol. The third kappa shape index (κ3) is 1.84. The van der Waals surface area contributed by atoms with Gasteiger partial charge in [0.25, 0.3) is 0 Å². The summed E-state index contributed by atoms with van der Waals surface area (Å²) in [7, 11) is 0. The van der Waals surface area contributed by atoms with Crippen molar-refractivity contribution < 1.29 is 9.52 Å². The third-order valence-corrected chi connectivity index (χ3v) is 3.27. The molecule has 4 heteroatoms. The quantitative estimate of drug-likeness (QED) is 0.636. The molecule has 0 aromatic heterocycles. The Morgan fingerprint density at radius 2 is 1.90 bits per heavy atom. The number of hydrogen-bond donors (Lipinski definition) is 1. The molecule has 0 bridgehead atoms. The Bertz CT molecular complexity index is 827. The normalized spacial score (nSPS) is 12.2. The number of para-hydroxylation sites is 2. The van der Waals surface area contributed by atoms with Crippen LogP contribution >= 0.6 is 0 Å². The maximum atomic E-state index is 12.2. The van der Waals surface area contributed by atoms with Crippen LogP contribution in [0, 0.1) is 0 Å². The maximum Gasteiger partial charge on any atom is 0.189 e. The highest BCUT2D eigenvalue weighted by Gasteiger charge is 2.27. The standard InChI is InChI=1S/C16H15NO3/c1-16(2,3)13-10(18)8-12-14(15(13)19)17-9-6-4-5-7-11(9)20-12/h4-8,19H,1-3H3. The fourth-order valence-corrected chi connectivity index (χ4v) is 2.40. The molecule has 2 aliphatic rings. The van der Waals surface area contributed by atoms with E-state index in [1.165, 1.54) is 6.07 Å². The average Bonchev–Trinajstić information content (AvgIpc) is 2.35. The third-order valence-electron chi connectivity index (χ3n) is 3.27. The van der Waals surface area contributed by atoms with E-state index < -0.39 is 5.41 Å². The van der Waals surface area contributed by atoms with Crippen LogP contribution in [0.5, 0.6) is 5.75 Å². The maximum absolute atomic E-state index is 12.2. The lowest BCUT2D eigenvalue weighted by molar-refractivity contribution is 0.441. The summed E-state index contributed by atoms with van der Waals surface area (Å²) in [5, 5.41) is 10.4. The Balaban J connectivity index is 2.46. The van der Waals surface area contributed by atoms with Crippen LogP contribution < -0.4 is 5.43 Å². The van der Waals surface area contributed by atoms with Crippen LogP contribution in [0.3, 0.4) is 0 Å². The summed E-state index contributed by atoms with van der Waals surface area (Å²) in [6.07, 6.45) is 0. The molecule has 0 unspecified atom stereocenters. The van der Waals surface area contributed by atoms with Crippen molar-refractivity contribution in [3.63, 3.8) is 0 Å². The molecule has 1 aromatic rings. The minimum atomic E-state index is -0.456. The van der Waals surface area contributed by atoms with Gasteiger partial charge in [0.1, 0.15) is 11.2 Å². The van der Waals surface area contributed by atoms with Crippen molar-refractivity contribution >= 4 is 11.1 Å². The van der Waals surface area contributed by atoms with E-state index in [4.69, 9.17) is 4.42 Å². The highest BCUT2D eigenvalue weighted by Crippen LogP contribution is 2.37. The van der Waals surface area contributed by atoms with E-state index in [2.05, 4.69) is 4.98 Å². The zero-order valence-corrected chi connectivity index (χ0v) is 11.6. The molecule has 0 amide bonds. The number of phenols is 1. The van der Waals surface area contributed by atoms with Crippen LogP contribution in [-0.2, 0) is 5.41 Å². The summed E-state index contributed by atoms with van der Waals surface area (Å²) >= 11 is 0. The minimum Gasteiger partial charge on any atom is -0.505 e. The van der Waals surface area contributed by atoms with Crippen molar-refractivity contribution in [3.8, 4) is 17.2 Å². The van der Waals surface area contributed by atoms with Crippen LogP contribution in [0.15, 0.2) is 39.5 Å². The first kappa shape index (κ1) is 12.7. The van der Waals surface area contributed by atoms with Crippen LogP contribution in [-0.4, -0.2) is 10.1 Å². The summed E-state index contributed by atoms with van der Waals surface area (Å²) in [5.74, 6) is 0.216. The van der Waals surface area contributed by atoms with Gasteiger partial charge in [-0.2, -0.15) is 0 Å². The molecule has 1 aliphatic heterocycles. The Morgan fingerprint density at radius 3 is 2.60 bits per heavy atom. The summed E-state index contributed by atoms with van der Waals surface area (Å²) < 4.78 is 5.65. The van der Waals surface area contributed by atoms with Gasteiger partial charge in [0.2, 0.25) is 0 Å². The van der Waals surface area contributed by atoms with Gasteiger partial charge in [-0.1, -0.05) is 32.9 Å². The van der Waals surface area contributed by atoms with E-state index in [9.17, 15) is 9.90 Å². The van der Waals surface area contributed by atoms with Gasteiger partial charge in [0, 0.05) is 11.6 Å². The van der Waals surface area contributed by atoms with Crippen LogP contribution in [0.4, 0.5) is 0 Å². The molecule has 1 heterocycles. The van der Waals surface area contributed by atoms with Gasteiger partial charge in [-0.25, -0.2) is 4.98 Å². The summed E-state index contributed by atoms with van der Waals surface area (Å²) in [6, 6.07) is 8.66. The smallest absolute Gasteiger partial charge is 0.189 e. The van der Waals surface area contributed by atoms with Gasteiger partial charge in [-0.15, -0.1) is 0 Å². The minimum absolute atomic E-state index is 0.0884. The van der Waals surface area contributed by atoms with Crippen LogP contribution in [0.1, 0.15) is 26.3 Å². The lowest BCUT2D eigenvalue weighted by Gasteiger charge is -2.21. The second-order valence-corrected chi connectivity index (χ2v) is 5.88. The van der Waals surface area contributed by atoms with Crippen molar-refractivity contribution in [2.75, 3.05) is 0 Å². The van der Waals surface area contributed by atoms with Crippen LogP contribution in [0.2, 0.25) is 0 Å². The number of fused-ring (bicyclic) bond motifs is 2. The van der Waals surface area contributed by atoms with E-state index in [-0.39, 0.29) is 11.2 Å². The van der Waals surface area contributed by atoms with E-state index >= 15 is 0 Å². The number of aromatic nitrogens is 1. The van der Waals surface area contributed by atoms with Crippen molar-refractivity contribution in [2.24, 2.45) is 0 Å². The van der Waals surface area contributed by atoms with Gasteiger partial charge in [0.15, 0.2) is 22.5 Å². The van der Waals surface area contributed by atoms with Crippen LogP contribution in [0.25, 0.3) is 22.6 Å². The number of benzene rings is 2. The number of nitrogens with zero attached hydrogens (tertiary/aromatic N) is 1. The molecule has 0 saturated carbocycles. The second kappa shape index (κ2) is 4.07. The Hall–Kier alpha value is -2.36. The molecule has 4 nitrogen and oxygen atoms in total. The predicted octanol–water partition coefficient (Wildman–Crippen LogP) is 3.30. The first-order chi connectivity index (χ1) is 9.38. The Morgan fingerprint density at radius 1 is 1.20 bits per heavy atom. The molecular weight excluding hydrogens is 254 g/mol. The van der Waals surface area contributed by atoms with Gasteiger partial charge >= 0.3 is 0 Å². The molecule has 3 rings (SSSR count). The molecular formula is C16H15NO3. The number of aromatic hydroxyl groups is 1. The van der Waals surface area contributed by atoms with Gasteiger partial charge in [-0.05, 0) is 17.5 Å². The van der Waals surface area contributed by atoms with Gasteiger partial charge < -0.3 is 9.52 Å². The Labute approximate surface area is 116 Å². The number of rotatable bonds is 0. The summed E-state index contributed by atoms with van der Waals surface area (Å²) in [4.78, 5) is 16.6. The highest BCUT2D eigenvalue weighted by atomic mass is 16.3. The van der Waals surface area contributed by atoms with Gasteiger partial charge in [0.05, 0.1) is 0 Å². The van der Waals surface area contributed by atoms with E-state index in [0.717, 1.165) is 0 Å². The number of hydrogen-bond acceptors (Lipinski definition) is 4. The molecule has 102 valence electrons. The summed E-state index contributed by atoms with van der Waals surface area (Å²) in [5.41, 5.74) is 1.23. The molecule has 1 N–H and O–H groups in total. The average molecular weight is 269 g/mol. The molecule has 20 heavy (non-hydrogen) atoms. The second-order valence-electron chi connectivity index (χ2n) is 5.88. The lowest BCUT2D eigenvalue weighted by atomic mass is 9.85. The lowest BCUT2D eigenvalue weighted by Crippen LogP contribution is -2.23. The van der Waals surface area contributed by atoms with E-state index in [1.807, 2.05) is 32.9 Å².